The normalized spacial score (nSPS) is 10.3. The number of nitrogens with one attached hydrogen (secondary N) is 1. The highest BCUT2D eigenvalue weighted by molar-refractivity contribution is 7.09. The van der Waals surface area contributed by atoms with E-state index in [4.69, 9.17) is 4.74 Å². The Morgan fingerprint density at radius 1 is 1.38 bits per heavy atom. The first kappa shape index (κ1) is 11.1. The second kappa shape index (κ2) is 5.63. The van der Waals surface area contributed by atoms with Gasteiger partial charge in [0.15, 0.2) is 0 Å². The lowest BCUT2D eigenvalue weighted by Gasteiger charge is -2.10. The van der Waals surface area contributed by atoms with Crippen molar-refractivity contribution in [3.63, 3.8) is 0 Å². The fraction of sp³-hybridized carbons (Fsp3) is 0.250. The van der Waals surface area contributed by atoms with Gasteiger partial charge in [-0.2, -0.15) is 0 Å². The third-order valence-corrected chi connectivity index (χ3v) is 3.03. The van der Waals surface area contributed by atoms with E-state index in [1.807, 2.05) is 23.8 Å². The van der Waals surface area contributed by atoms with Crippen molar-refractivity contribution in [2.75, 3.05) is 12.4 Å². The smallest absolute Gasteiger partial charge is 0.0794 e. The zero-order valence-corrected chi connectivity index (χ0v) is 9.96. The number of para-hydroxylation sites is 1. The van der Waals surface area contributed by atoms with Gasteiger partial charge in [0.05, 0.1) is 18.7 Å². The van der Waals surface area contributed by atoms with Crippen molar-refractivity contribution in [1.82, 2.24) is 4.98 Å². The van der Waals surface area contributed by atoms with E-state index in [0.717, 1.165) is 12.2 Å². The average molecular weight is 234 g/mol. The van der Waals surface area contributed by atoms with Crippen LogP contribution in [-0.2, 0) is 17.9 Å². The topological polar surface area (TPSA) is 34.1 Å². The van der Waals surface area contributed by atoms with E-state index in [1.54, 1.807) is 18.4 Å². The molecule has 0 atom stereocenters. The van der Waals surface area contributed by atoms with Gasteiger partial charge in [0.25, 0.3) is 0 Å². The third kappa shape index (κ3) is 2.81. The van der Waals surface area contributed by atoms with Crippen LogP contribution in [0.25, 0.3) is 0 Å². The average Bonchev–Trinajstić information content (AvgIpc) is 2.81. The number of nitrogens with zero attached hydrogens (tertiary/aromatic N) is 1. The Morgan fingerprint density at radius 3 is 3.00 bits per heavy atom. The Balaban J connectivity index is 2.03. The van der Waals surface area contributed by atoms with Crippen molar-refractivity contribution in [2.24, 2.45) is 0 Å². The van der Waals surface area contributed by atoms with Crippen molar-refractivity contribution in [1.29, 1.82) is 0 Å². The molecule has 0 bridgehead atoms. The van der Waals surface area contributed by atoms with E-state index in [2.05, 4.69) is 22.4 Å². The monoisotopic (exact) mass is 234 g/mol. The fourth-order valence-electron chi connectivity index (χ4n) is 1.49. The number of anilines is 1. The van der Waals surface area contributed by atoms with Gasteiger partial charge in [-0.3, -0.25) is 4.98 Å². The SMILES string of the molecule is COCc1ccccc1NCc1cncs1. The van der Waals surface area contributed by atoms with E-state index < -0.39 is 0 Å². The standard InChI is InChI=1S/C12H14N2OS/c1-15-8-10-4-2-3-5-12(10)14-7-11-6-13-9-16-11/h2-6,9,14H,7-8H2,1H3. The van der Waals surface area contributed by atoms with Crippen molar-refractivity contribution in [2.45, 2.75) is 13.2 Å². The molecule has 0 aliphatic rings. The van der Waals surface area contributed by atoms with Crippen molar-refractivity contribution in [3.8, 4) is 0 Å². The summed E-state index contributed by atoms with van der Waals surface area (Å²) < 4.78 is 5.16. The highest BCUT2D eigenvalue weighted by atomic mass is 32.1. The molecule has 0 saturated carbocycles. The number of thiazole rings is 1. The molecule has 2 rings (SSSR count). The van der Waals surface area contributed by atoms with E-state index in [1.165, 1.54) is 10.4 Å². The molecule has 0 fully saturated rings. The fourth-order valence-corrected chi connectivity index (χ4v) is 2.02. The van der Waals surface area contributed by atoms with E-state index in [9.17, 15) is 0 Å². The minimum atomic E-state index is 0.631. The quantitative estimate of drug-likeness (QED) is 0.863. The van der Waals surface area contributed by atoms with Gasteiger partial charge in [0.1, 0.15) is 0 Å². The molecule has 0 radical (unpaired) electrons. The van der Waals surface area contributed by atoms with Gasteiger partial charge in [0, 0.05) is 29.4 Å². The number of benzene rings is 1. The van der Waals surface area contributed by atoms with Crippen molar-refractivity contribution in [3.05, 3.63) is 46.4 Å². The molecule has 4 heteroatoms. The largest absolute Gasteiger partial charge is 0.380 e. The number of aromatic nitrogens is 1. The molecule has 3 nitrogen and oxygen atoms in total. The Hall–Kier alpha value is -1.39. The second-order valence-electron chi connectivity index (χ2n) is 3.41. The van der Waals surface area contributed by atoms with Crippen molar-refractivity contribution < 1.29 is 4.74 Å². The summed E-state index contributed by atoms with van der Waals surface area (Å²) in [6.45, 7) is 1.44. The molecule has 0 aliphatic carbocycles. The van der Waals surface area contributed by atoms with E-state index >= 15 is 0 Å². The van der Waals surface area contributed by atoms with Gasteiger partial charge >= 0.3 is 0 Å². The molecule has 84 valence electrons. The summed E-state index contributed by atoms with van der Waals surface area (Å²) in [7, 11) is 1.71. The lowest BCUT2D eigenvalue weighted by atomic mass is 10.2. The van der Waals surface area contributed by atoms with Gasteiger partial charge in [0.2, 0.25) is 0 Å². The van der Waals surface area contributed by atoms with Crippen LogP contribution in [0.3, 0.4) is 0 Å². The molecule has 1 heterocycles. The summed E-state index contributed by atoms with van der Waals surface area (Å²) in [6, 6.07) is 8.17. The van der Waals surface area contributed by atoms with E-state index in [0.29, 0.717) is 6.61 Å². The molecule has 0 amide bonds. The zero-order valence-electron chi connectivity index (χ0n) is 9.14. The van der Waals surface area contributed by atoms with Gasteiger partial charge in [-0.15, -0.1) is 11.3 Å². The molecule has 0 saturated heterocycles. The third-order valence-electron chi connectivity index (χ3n) is 2.25. The molecule has 0 spiro atoms. The minimum Gasteiger partial charge on any atom is -0.380 e. The summed E-state index contributed by atoms with van der Waals surface area (Å²) in [6.07, 6.45) is 1.89. The number of hydrogen-bond acceptors (Lipinski definition) is 4. The Bertz CT molecular complexity index is 428. The highest BCUT2D eigenvalue weighted by Gasteiger charge is 2.01. The van der Waals surface area contributed by atoms with Crippen LogP contribution in [0, 0.1) is 0 Å². The molecular weight excluding hydrogens is 220 g/mol. The van der Waals surface area contributed by atoms with Crippen LogP contribution in [0.5, 0.6) is 0 Å². The molecule has 16 heavy (non-hydrogen) atoms. The number of hydrogen-bond donors (Lipinski definition) is 1. The van der Waals surface area contributed by atoms with Crippen LogP contribution >= 0.6 is 11.3 Å². The summed E-state index contributed by atoms with van der Waals surface area (Å²) in [5, 5.41) is 3.39. The van der Waals surface area contributed by atoms with Gasteiger partial charge in [-0.1, -0.05) is 18.2 Å². The Morgan fingerprint density at radius 2 is 2.25 bits per heavy atom. The summed E-state index contributed by atoms with van der Waals surface area (Å²) in [5.74, 6) is 0. The molecule has 2 aromatic rings. The zero-order chi connectivity index (χ0) is 11.2. The number of rotatable bonds is 5. The van der Waals surface area contributed by atoms with Gasteiger partial charge < -0.3 is 10.1 Å². The number of ether oxygens (including phenoxy) is 1. The molecule has 1 aromatic heterocycles. The summed E-state index contributed by atoms with van der Waals surface area (Å²) in [5.41, 5.74) is 4.14. The minimum absolute atomic E-state index is 0.631. The van der Waals surface area contributed by atoms with Crippen LogP contribution in [0.1, 0.15) is 10.4 Å². The molecule has 1 N–H and O–H groups in total. The van der Waals surface area contributed by atoms with Crippen LogP contribution in [0.4, 0.5) is 5.69 Å². The molecule has 0 unspecified atom stereocenters. The molecule has 0 aliphatic heterocycles. The predicted molar refractivity (Wildman–Crippen MR) is 66.6 cm³/mol. The lowest BCUT2D eigenvalue weighted by Crippen LogP contribution is -2.01. The first-order chi connectivity index (χ1) is 7.90. The van der Waals surface area contributed by atoms with Crippen LogP contribution in [-0.4, -0.2) is 12.1 Å². The Kier molecular flexibility index (Phi) is 3.91. The van der Waals surface area contributed by atoms with Crippen LogP contribution in [0.2, 0.25) is 0 Å². The van der Waals surface area contributed by atoms with Crippen LogP contribution < -0.4 is 5.32 Å². The predicted octanol–water partition coefficient (Wildman–Crippen LogP) is 2.90. The maximum absolute atomic E-state index is 5.16. The first-order valence-corrected chi connectivity index (χ1v) is 5.96. The van der Waals surface area contributed by atoms with Gasteiger partial charge in [-0.25, -0.2) is 0 Å². The maximum Gasteiger partial charge on any atom is 0.0794 e. The number of methoxy groups -OCH3 is 1. The maximum atomic E-state index is 5.16. The first-order valence-electron chi connectivity index (χ1n) is 5.08. The van der Waals surface area contributed by atoms with Crippen LogP contribution in [0.15, 0.2) is 36.0 Å². The molecular formula is C12H14N2OS. The summed E-state index contributed by atoms with van der Waals surface area (Å²) in [4.78, 5) is 5.28. The summed E-state index contributed by atoms with van der Waals surface area (Å²) >= 11 is 1.66. The Labute approximate surface area is 99.1 Å². The lowest BCUT2D eigenvalue weighted by molar-refractivity contribution is 0.185. The highest BCUT2D eigenvalue weighted by Crippen LogP contribution is 2.17. The van der Waals surface area contributed by atoms with E-state index in [-0.39, 0.29) is 0 Å². The van der Waals surface area contributed by atoms with Crippen molar-refractivity contribution >= 4 is 17.0 Å². The van der Waals surface area contributed by atoms with Gasteiger partial charge in [-0.05, 0) is 6.07 Å². The second-order valence-corrected chi connectivity index (χ2v) is 4.38. The molecule has 1 aromatic carbocycles.